The summed E-state index contributed by atoms with van der Waals surface area (Å²) >= 11 is 1.51. The van der Waals surface area contributed by atoms with Crippen molar-refractivity contribution in [3.8, 4) is 0 Å². The van der Waals surface area contributed by atoms with Gasteiger partial charge < -0.3 is 0 Å². The van der Waals surface area contributed by atoms with Gasteiger partial charge in [0, 0.05) is 27.3 Å². The van der Waals surface area contributed by atoms with Crippen molar-refractivity contribution in [3.63, 3.8) is 0 Å². The Hall–Kier alpha value is 1.35. The summed E-state index contributed by atoms with van der Waals surface area (Å²) < 4.78 is 25.7. The Balaban J connectivity index is 0. The Labute approximate surface area is 63.3 Å². The first-order chi connectivity index (χ1) is 2.00. The minimum Gasteiger partial charge on any atom is 0 e. The predicted molar refractivity (Wildman–Crippen MR) is 17.3 cm³/mol. The van der Waals surface area contributed by atoms with E-state index in [1.54, 1.807) is 0 Å². The van der Waals surface area contributed by atoms with Crippen LogP contribution in [0.3, 0.4) is 0 Å². The fourth-order valence-electron chi connectivity index (χ4n) is 0. The molecule has 0 aromatic heterocycles. The van der Waals surface area contributed by atoms with Crippen molar-refractivity contribution in [2.75, 3.05) is 0 Å². The molecule has 0 atom stereocenters. The Bertz CT molecular complexity index is 94.0. The van der Waals surface area contributed by atoms with Crippen LogP contribution >= 0.6 is 0 Å². The summed E-state index contributed by atoms with van der Waals surface area (Å²) in [5, 5.41) is 0. The quantitative estimate of drug-likeness (QED) is 0.452. The van der Waals surface area contributed by atoms with E-state index in [-0.39, 0.29) is 27.3 Å². The molecule has 0 aliphatic carbocycles. The fraction of sp³-hybridized carbons (Fsp3) is 0. The van der Waals surface area contributed by atoms with E-state index in [0.29, 0.717) is 0 Å². The molecule has 0 bridgehead atoms. The fourth-order valence-corrected chi connectivity index (χ4v) is 0. The summed E-state index contributed by atoms with van der Waals surface area (Å²) in [5.41, 5.74) is 0. The SMILES string of the molecule is O=S(=O)(O)[Se].[Cd]. The van der Waals surface area contributed by atoms with Gasteiger partial charge in [0.05, 0.1) is 0 Å². The largest absolute Gasteiger partial charge is 0 e. The van der Waals surface area contributed by atoms with Gasteiger partial charge in [0.15, 0.2) is 0 Å². The van der Waals surface area contributed by atoms with Gasteiger partial charge in [0.25, 0.3) is 0 Å². The summed E-state index contributed by atoms with van der Waals surface area (Å²) in [4.78, 5) is 0. The van der Waals surface area contributed by atoms with E-state index in [4.69, 9.17) is 13.0 Å². The summed E-state index contributed by atoms with van der Waals surface area (Å²) in [6.07, 6.45) is 0. The van der Waals surface area contributed by atoms with E-state index in [2.05, 4.69) is 0 Å². The van der Waals surface area contributed by atoms with Crippen LogP contribution in [0.15, 0.2) is 0 Å². The molecule has 1 radical (unpaired) electrons. The van der Waals surface area contributed by atoms with E-state index >= 15 is 0 Å². The third kappa shape index (κ3) is 55.5. The van der Waals surface area contributed by atoms with Gasteiger partial charge in [-0.25, -0.2) is 0 Å². The molecule has 33 valence electrons. The van der Waals surface area contributed by atoms with Crippen LogP contribution in [0.2, 0.25) is 0 Å². The summed E-state index contributed by atoms with van der Waals surface area (Å²) in [6.45, 7) is 0. The van der Waals surface area contributed by atoms with Crippen molar-refractivity contribution in [2.24, 2.45) is 0 Å². The van der Waals surface area contributed by atoms with Gasteiger partial charge in [-0.2, -0.15) is 0 Å². The third-order valence-electron chi connectivity index (χ3n) is 0. The Morgan fingerprint density at radius 1 is 1.50 bits per heavy atom. The van der Waals surface area contributed by atoms with Gasteiger partial charge in [-0.3, -0.25) is 0 Å². The molecule has 0 rings (SSSR count). The zero-order valence-electron chi connectivity index (χ0n) is 2.79. The molecule has 0 aromatic rings. The second kappa shape index (κ2) is 3.37. The second-order valence-corrected chi connectivity index (χ2v) is 3.93. The molecule has 0 saturated carbocycles. The van der Waals surface area contributed by atoms with E-state index in [9.17, 15) is 0 Å². The molecule has 6 heavy (non-hydrogen) atoms. The molecule has 0 saturated heterocycles. The Kier molecular flexibility index (Phi) is 5.81. The van der Waals surface area contributed by atoms with Crippen LogP contribution in [-0.2, 0) is 35.8 Å². The van der Waals surface area contributed by atoms with E-state index in [0.717, 1.165) is 0 Å². The first kappa shape index (κ1) is 10.4. The first-order valence-electron chi connectivity index (χ1n) is 0.683. The first-order valence-corrected chi connectivity index (χ1v) is 4.15. The Morgan fingerprint density at radius 3 is 1.50 bits per heavy atom. The summed E-state index contributed by atoms with van der Waals surface area (Å²) in [6, 6.07) is 0. The molecule has 1 N–H and O–H groups in total. The molecule has 0 heterocycles. The van der Waals surface area contributed by atoms with Crippen LogP contribution in [0.1, 0.15) is 0 Å². The minimum absolute atomic E-state index is 0. The van der Waals surface area contributed by atoms with Crippen LogP contribution in [0, 0.1) is 0 Å². The van der Waals surface area contributed by atoms with E-state index < -0.39 is 8.54 Å². The average molecular weight is 272 g/mol. The number of hydrogen-bond acceptors (Lipinski definition) is 2. The maximum atomic E-state index is 9.13. The molecular weight excluding hydrogens is 271 g/mol. The van der Waals surface area contributed by atoms with Crippen molar-refractivity contribution in [1.29, 1.82) is 0 Å². The maximum Gasteiger partial charge on any atom is 0 e. The second-order valence-electron chi connectivity index (χ2n) is 0.428. The molecule has 3 nitrogen and oxygen atoms in total. The summed E-state index contributed by atoms with van der Waals surface area (Å²) in [5.74, 6) is 0. The van der Waals surface area contributed by atoms with E-state index in [1.165, 1.54) is 14.9 Å². The van der Waals surface area contributed by atoms with Gasteiger partial charge in [0.1, 0.15) is 0 Å². The third-order valence-corrected chi connectivity index (χ3v) is 0. The number of hydrogen-bond donors (Lipinski definition) is 1. The number of rotatable bonds is 0. The van der Waals surface area contributed by atoms with Crippen LogP contribution < -0.4 is 0 Å². The molecular formula is HCdO3SSe. The van der Waals surface area contributed by atoms with Crippen LogP contribution in [0.5, 0.6) is 0 Å². The molecule has 0 aliphatic rings. The monoisotopic (exact) mass is 275 g/mol. The zero-order valence-corrected chi connectivity index (χ0v) is 9.35. The minimum atomic E-state index is -3.79. The molecule has 0 spiro atoms. The van der Waals surface area contributed by atoms with Crippen LogP contribution in [0.4, 0.5) is 0 Å². The van der Waals surface area contributed by atoms with Crippen molar-refractivity contribution in [3.05, 3.63) is 0 Å². The average Bonchev–Trinajstić information content (AvgIpc) is 0.722. The normalized spacial score (nSPS) is 9.67. The standard InChI is InChI=1S/Cd.HO3SSe/c;1-4(2,3)5/h;(H,1,2,3). The smallest absolute Gasteiger partial charge is 0 e. The summed E-state index contributed by atoms with van der Waals surface area (Å²) in [7, 11) is -3.79. The van der Waals surface area contributed by atoms with Crippen molar-refractivity contribution < 1.29 is 40.3 Å². The maximum absolute atomic E-state index is 9.13. The van der Waals surface area contributed by atoms with Crippen molar-refractivity contribution in [2.45, 2.75) is 0 Å². The zero-order chi connectivity index (χ0) is 4.50. The molecule has 0 aromatic carbocycles. The topological polar surface area (TPSA) is 54.4 Å². The van der Waals surface area contributed by atoms with Gasteiger partial charge in [0.2, 0.25) is 0 Å². The van der Waals surface area contributed by atoms with Gasteiger partial charge in [-0.1, -0.05) is 0 Å². The van der Waals surface area contributed by atoms with Gasteiger partial charge in [-0.05, 0) is 0 Å². The predicted octanol–water partition coefficient (Wildman–Crippen LogP) is -1.04. The molecule has 0 fully saturated rings. The van der Waals surface area contributed by atoms with Gasteiger partial charge in [-0.15, -0.1) is 0 Å². The molecule has 0 unspecified atom stereocenters. The van der Waals surface area contributed by atoms with Gasteiger partial charge >= 0.3 is 36.4 Å². The van der Waals surface area contributed by atoms with Crippen molar-refractivity contribution >= 4 is 23.4 Å². The van der Waals surface area contributed by atoms with Crippen LogP contribution in [0.25, 0.3) is 0 Å². The Morgan fingerprint density at radius 2 is 1.50 bits per heavy atom. The van der Waals surface area contributed by atoms with E-state index in [1.807, 2.05) is 0 Å². The molecule has 0 amide bonds. The molecule has 6 heteroatoms. The van der Waals surface area contributed by atoms with Crippen LogP contribution in [-0.4, -0.2) is 27.9 Å². The van der Waals surface area contributed by atoms with Crippen molar-refractivity contribution in [1.82, 2.24) is 0 Å². The molecule has 0 aliphatic heterocycles.